The van der Waals surface area contributed by atoms with E-state index in [0.29, 0.717) is 0 Å². The molecule has 0 aliphatic heterocycles. The smallest absolute Gasteiger partial charge is 0.259 e. The van der Waals surface area contributed by atoms with Crippen molar-refractivity contribution in [3.05, 3.63) is 35.9 Å². The van der Waals surface area contributed by atoms with Gasteiger partial charge in [-0.2, -0.15) is 5.43 Å². The molecule has 4 heteroatoms. The highest BCUT2D eigenvalue weighted by molar-refractivity contribution is 5.44. The number of hydrogen-bond acceptors (Lipinski definition) is 2. The predicted molar refractivity (Wildman–Crippen MR) is 41.9 cm³/mol. The third-order valence-electron chi connectivity index (χ3n) is 1.34. The maximum atomic E-state index is 12.1. The van der Waals surface area contributed by atoms with Gasteiger partial charge in [-0.05, 0) is 5.56 Å². The molecule has 0 unspecified atom stereocenters. The standard InChI is InChI=1S/C8H8FN2O/c9-11(7-12)10-6-8-4-2-1-3-5-8/h1-5,10H,6H2. The first kappa shape index (κ1) is 8.67. The topological polar surface area (TPSA) is 32.3 Å². The van der Waals surface area contributed by atoms with Crippen LogP contribution < -0.4 is 5.43 Å². The van der Waals surface area contributed by atoms with Crippen LogP contribution in [-0.2, 0) is 11.3 Å². The number of hydrogen-bond donors (Lipinski definition) is 1. The first-order valence-corrected chi connectivity index (χ1v) is 3.44. The Bertz CT molecular complexity index is 240. The van der Waals surface area contributed by atoms with Gasteiger partial charge in [-0.25, -0.2) is 0 Å². The van der Waals surface area contributed by atoms with E-state index in [2.05, 4.69) is 5.43 Å². The summed E-state index contributed by atoms with van der Waals surface area (Å²) < 4.78 is 12.1. The van der Waals surface area contributed by atoms with Crippen LogP contribution in [0.5, 0.6) is 0 Å². The van der Waals surface area contributed by atoms with Crippen molar-refractivity contribution < 1.29 is 9.28 Å². The fraction of sp³-hybridized carbons (Fsp3) is 0.125. The van der Waals surface area contributed by atoms with Crippen LogP contribution in [0.25, 0.3) is 0 Å². The fourth-order valence-corrected chi connectivity index (χ4v) is 0.789. The van der Waals surface area contributed by atoms with Crippen LogP contribution in [0, 0.1) is 0 Å². The first-order chi connectivity index (χ1) is 5.83. The molecule has 0 saturated carbocycles. The Morgan fingerprint density at radius 2 is 2.08 bits per heavy atom. The summed E-state index contributed by atoms with van der Waals surface area (Å²) in [6.07, 6.45) is 1.04. The zero-order valence-electron chi connectivity index (χ0n) is 6.33. The lowest BCUT2D eigenvalue weighted by molar-refractivity contribution is 0.0497. The van der Waals surface area contributed by atoms with E-state index < -0.39 is 0 Å². The van der Waals surface area contributed by atoms with Gasteiger partial charge in [-0.3, -0.25) is 4.79 Å². The number of halogens is 1. The third kappa shape index (κ3) is 2.67. The molecule has 0 aliphatic rings. The number of rotatable bonds is 4. The Labute approximate surface area is 69.7 Å². The van der Waals surface area contributed by atoms with Crippen molar-refractivity contribution in [1.82, 2.24) is 10.7 Å². The van der Waals surface area contributed by atoms with E-state index in [1.54, 1.807) is 0 Å². The van der Waals surface area contributed by atoms with E-state index in [9.17, 15) is 9.28 Å². The van der Waals surface area contributed by atoms with E-state index in [1.165, 1.54) is 0 Å². The van der Waals surface area contributed by atoms with Gasteiger partial charge in [0.2, 0.25) is 0 Å². The molecule has 12 heavy (non-hydrogen) atoms. The molecule has 1 aromatic rings. The van der Waals surface area contributed by atoms with Crippen LogP contribution in [0.2, 0.25) is 0 Å². The van der Waals surface area contributed by atoms with Gasteiger partial charge in [-0.1, -0.05) is 40.0 Å². The van der Waals surface area contributed by atoms with Crippen molar-refractivity contribution in [2.24, 2.45) is 0 Å². The molecular weight excluding hydrogens is 159 g/mol. The Kier molecular flexibility index (Phi) is 3.22. The molecule has 1 aromatic carbocycles. The number of nitrogens with one attached hydrogen (secondary N) is 1. The highest BCUT2D eigenvalue weighted by Gasteiger charge is 1.97. The molecule has 0 saturated heterocycles. The van der Waals surface area contributed by atoms with Gasteiger partial charge in [0, 0.05) is 6.54 Å². The molecule has 1 amide bonds. The molecule has 0 aliphatic carbocycles. The zero-order valence-corrected chi connectivity index (χ0v) is 6.33. The quantitative estimate of drug-likeness (QED) is 0.411. The Morgan fingerprint density at radius 1 is 1.42 bits per heavy atom. The maximum Gasteiger partial charge on any atom is 0.358 e. The van der Waals surface area contributed by atoms with Crippen LogP contribution in [-0.4, -0.2) is 11.6 Å². The Morgan fingerprint density at radius 3 is 2.67 bits per heavy atom. The van der Waals surface area contributed by atoms with Crippen LogP contribution in [0.3, 0.4) is 0 Å². The molecule has 0 spiro atoms. The normalized spacial score (nSPS) is 9.42. The molecule has 3 nitrogen and oxygen atoms in total. The van der Waals surface area contributed by atoms with E-state index in [-0.39, 0.29) is 11.8 Å². The molecule has 0 heterocycles. The van der Waals surface area contributed by atoms with Crippen molar-refractivity contribution in [3.8, 4) is 0 Å². The molecule has 0 atom stereocenters. The fourth-order valence-electron chi connectivity index (χ4n) is 0.789. The van der Waals surface area contributed by atoms with Gasteiger partial charge >= 0.3 is 6.41 Å². The van der Waals surface area contributed by atoms with Gasteiger partial charge < -0.3 is 0 Å². The van der Waals surface area contributed by atoms with Gasteiger partial charge in [0.05, 0.1) is 0 Å². The second kappa shape index (κ2) is 4.46. The molecule has 1 N–H and O–H groups in total. The summed E-state index contributed by atoms with van der Waals surface area (Å²) in [6, 6.07) is 9.19. The van der Waals surface area contributed by atoms with Gasteiger partial charge in [0.1, 0.15) is 0 Å². The summed E-state index contributed by atoms with van der Waals surface area (Å²) in [6.45, 7) is 0.270. The summed E-state index contributed by atoms with van der Waals surface area (Å²) in [5.74, 6) is 0. The van der Waals surface area contributed by atoms with Crippen LogP contribution >= 0.6 is 0 Å². The third-order valence-corrected chi connectivity index (χ3v) is 1.34. The first-order valence-electron chi connectivity index (χ1n) is 3.44. The molecule has 0 fully saturated rings. The SMILES string of the molecule is O=[C]N(F)NCc1ccccc1. The van der Waals surface area contributed by atoms with Crippen LogP contribution in [0.1, 0.15) is 5.56 Å². The molecule has 0 aromatic heterocycles. The highest BCUT2D eigenvalue weighted by atomic mass is 19.2. The van der Waals surface area contributed by atoms with E-state index in [0.717, 1.165) is 12.0 Å². The largest absolute Gasteiger partial charge is 0.358 e. The molecule has 0 bridgehead atoms. The van der Waals surface area contributed by atoms with Gasteiger partial charge in [0.25, 0.3) is 0 Å². The number of nitrogens with zero attached hydrogens (tertiary/aromatic N) is 1. The Balaban J connectivity index is 2.38. The summed E-state index contributed by atoms with van der Waals surface area (Å²) in [5, 5.41) is -0.229. The van der Waals surface area contributed by atoms with Crippen LogP contribution in [0.15, 0.2) is 30.3 Å². The number of carbonyl (C=O) groups excluding carboxylic acids is 1. The summed E-state index contributed by atoms with van der Waals surface area (Å²) in [4.78, 5) is 9.69. The number of hydrazine groups is 1. The highest BCUT2D eigenvalue weighted by Crippen LogP contribution is 1.97. The zero-order chi connectivity index (χ0) is 8.81. The monoisotopic (exact) mass is 167 g/mol. The lowest BCUT2D eigenvalue weighted by Crippen LogP contribution is -2.28. The second-order valence-electron chi connectivity index (χ2n) is 2.19. The molecule has 1 radical (unpaired) electrons. The predicted octanol–water partition coefficient (Wildman–Crippen LogP) is 0.945. The maximum absolute atomic E-state index is 12.1. The van der Waals surface area contributed by atoms with Crippen molar-refractivity contribution in [3.63, 3.8) is 0 Å². The Hall–Kier alpha value is -1.42. The average Bonchev–Trinajstić information content (AvgIpc) is 2.16. The van der Waals surface area contributed by atoms with Crippen LogP contribution in [0.4, 0.5) is 4.48 Å². The van der Waals surface area contributed by atoms with E-state index in [4.69, 9.17) is 0 Å². The minimum Gasteiger partial charge on any atom is -0.259 e. The lowest BCUT2D eigenvalue weighted by Gasteiger charge is -2.05. The summed E-state index contributed by atoms with van der Waals surface area (Å²) >= 11 is 0. The molecule has 63 valence electrons. The minimum absolute atomic E-state index is 0.229. The summed E-state index contributed by atoms with van der Waals surface area (Å²) in [5.41, 5.74) is 3.09. The van der Waals surface area contributed by atoms with E-state index in [1.807, 2.05) is 30.3 Å². The minimum atomic E-state index is -0.229. The van der Waals surface area contributed by atoms with E-state index >= 15 is 0 Å². The van der Waals surface area contributed by atoms with Gasteiger partial charge in [0.15, 0.2) is 0 Å². The van der Waals surface area contributed by atoms with Crippen molar-refractivity contribution in [2.45, 2.75) is 6.54 Å². The lowest BCUT2D eigenvalue weighted by atomic mass is 10.2. The molecular formula is C8H8FN2O. The van der Waals surface area contributed by atoms with Crippen molar-refractivity contribution >= 4 is 6.41 Å². The van der Waals surface area contributed by atoms with Crippen molar-refractivity contribution in [1.29, 1.82) is 0 Å². The van der Waals surface area contributed by atoms with Crippen molar-refractivity contribution in [2.75, 3.05) is 0 Å². The number of benzene rings is 1. The molecule has 1 rings (SSSR count). The summed E-state index contributed by atoms with van der Waals surface area (Å²) in [7, 11) is 0. The average molecular weight is 167 g/mol. The number of amides is 1. The second-order valence-corrected chi connectivity index (χ2v) is 2.19. The van der Waals surface area contributed by atoms with Gasteiger partial charge in [-0.15, -0.1) is 0 Å².